The molecule has 0 bridgehead atoms. The maximum Gasteiger partial charge on any atom is 0.268 e. The van der Waals surface area contributed by atoms with E-state index in [1.165, 1.54) is 16.9 Å². The summed E-state index contributed by atoms with van der Waals surface area (Å²) in [6, 6.07) is 7.87. The maximum absolute atomic E-state index is 12.0. The number of aromatic amines is 1. The molecule has 4 rings (SSSR count). The van der Waals surface area contributed by atoms with Crippen molar-refractivity contribution in [3.8, 4) is 0 Å². The summed E-state index contributed by atoms with van der Waals surface area (Å²) in [5, 5.41) is 1.89. The van der Waals surface area contributed by atoms with E-state index < -0.39 is 0 Å². The number of hydrogen-bond donors (Lipinski definition) is 2. The lowest BCUT2D eigenvalue weighted by atomic mass is 10.1. The summed E-state index contributed by atoms with van der Waals surface area (Å²) in [6.45, 7) is 1.47. The van der Waals surface area contributed by atoms with Crippen LogP contribution in [0.15, 0.2) is 34.4 Å². The van der Waals surface area contributed by atoms with Gasteiger partial charge < -0.3 is 15.6 Å². The van der Waals surface area contributed by atoms with Gasteiger partial charge >= 0.3 is 0 Å². The van der Waals surface area contributed by atoms with Crippen LogP contribution in [-0.2, 0) is 13.0 Å². The number of nitrogens with one attached hydrogen (secondary N) is 1. The fraction of sp³-hybridized carbons (Fsp3) is 0.200. The number of aromatic nitrogens is 2. The molecule has 5 nitrogen and oxygen atoms in total. The molecule has 0 saturated carbocycles. The molecule has 0 amide bonds. The Labute approximate surface area is 125 Å². The molecule has 0 unspecified atom stereocenters. The zero-order valence-corrected chi connectivity index (χ0v) is 12.1. The normalized spacial score (nSPS) is 13.8. The first-order valence-corrected chi connectivity index (χ1v) is 7.69. The fourth-order valence-electron chi connectivity index (χ4n) is 2.90. The van der Waals surface area contributed by atoms with Crippen LogP contribution in [0.4, 0.5) is 11.4 Å². The Bertz CT molecular complexity index is 883. The van der Waals surface area contributed by atoms with E-state index in [9.17, 15) is 4.79 Å². The Hall–Kier alpha value is -2.34. The highest BCUT2D eigenvalue weighted by atomic mass is 32.1. The molecule has 1 aromatic carbocycles. The van der Waals surface area contributed by atoms with Gasteiger partial charge in [0, 0.05) is 6.54 Å². The number of para-hydroxylation sites is 1. The molecule has 21 heavy (non-hydrogen) atoms. The van der Waals surface area contributed by atoms with E-state index in [-0.39, 0.29) is 5.56 Å². The van der Waals surface area contributed by atoms with Crippen LogP contribution in [0.3, 0.4) is 0 Å². The van der Waals surface area contributed by atoms with Crippen LogP contribution in [0.25, 0.3) is 10.2 Å². The summed E-state index contributed by atoms with van der Waals surface area (Å²) in [7, 11) is 0. The summed E-state index contributed by atoms with van der Waals surface area (Å²) < 4.78 is 0.681. The highest BCUT2D eigenvalue weighted by molar-refractivity contribution is 7.17. The summed E-state index contributed by atoms with van der Waals surface area (Å²) in [4.78, 5) is 21.6. The monoisotopic (exact) mass is 298 g/mol. The van der Waals surface area contributed by atoms with Gasteiger partial charge in [0.05, 0.1) is 23.4 Å². The van der Waals surface area contributed by atoms with Gasteiger partial charge in [0.2, 0.25) is 0 Å². The van der Waals surface area contributed by atoms with E-state index in [4.69, 9.17) is 5.73 Å². The lowest BCUT2D eigenvalue weighted by molar-refractivity contribution is 0.788. The number of nitrogens with two attached hydrogens (primary N) is 1. The van der Waals surface area contributed by atoms with Crippen LogP contribution < -0.4 is 16.2 Å². The van der Waals surface area contributed by atoms with Crippen molar-refractivity contribution in [1.82, 2.24) is 9.97 Å². The van der Waals surface area contributed by atoms with Crippen LogP contribution >= 0.6 is 11.3 Å². The number of fused-ring (bicyclic) bond motifs is 2. The van der Waals surface area contributed by atoms with E-state index in [0.717, 1.165) is 29.9 Å². The molecule has 3 heterocycles. The first-order chi connectivity index (χ1) is 10.2. The molecule has 106 valence electrons. The van der Waals surface area contributed by atoms with E-state index in [2.05, 4.69) is 20.9 Å². The van der Waals surface area contributed by atoms with Crippen molar-refractivity contribution in [1.29, 1.82) is 0 Å². The number of H-pyrrole nitrogens is 1. The number of nitrogen functional groups attached to an aromatic ring is 1. The van der Waals surface area contributed by atoms with Crippen LogP contribution in [0, 0.1) is 0 Å². The van der Waals surface area contributed by atoms with Crippen LogP contribution in [0.2, 0.25) is 0 Å². The summed E-state index contributed by atoms with van der Waals surface area (Å²) >= 11 is 1.42. The molecule has 2 aromatic heterocycles. The lowest BCUT2D eigenvalue weighted by Crippen LogP contribution is -2.24. The third-order valence-electron chi connectivity index (χ3n) is 3.82. The summed E-state index contributed by atoms with van der Waals surface area (Å²) in [6.07, 6.45) is 0.977. The second-order valence-corrected chi connectivity index (χ2v) is 6.09. The van der Waals surface area contributed by atoms with Gasteiger partial charge in [0.15, 0.2) is 0 Å². The minimum atomic E-state index is -0.0644. The highest BCUT2D eigenvalue weighted by Crippen LogP contribution is 2.34. The highest BCUT2D eigenvalue weighted by Gasteiger charge is 2.22. The third-order valence-corrected chi connectivity index (χ3v) is 4.73. The van der Waals surface area contributed by atoms with Gasteiger partial charge in [-0.3, -0.25) is 4.79 Å². The van der Waals surface area contributed by atoms with Gasteiger partial charge in [-0.05, 0) is 29.5 Å². The van der Waals surface area contributed by atoms with E-state index >= 15 is 0 Å². The Morgan fingerprint density at radius 1 is 1.38 bits per heavy atom. The molecule has 6 heteroatoms. The van der Waals surface area contributed by atoms with Crippen molar-refractivity contribution in [3.63, 3.8) is 0 Å². The average Bonchev–Trinajstić information content (AvgIpc) is 3.07. The van der Waals surface area contributed by atoms with Gasteiger partial charge in [-0.1, -0.05) is 12.1 Å². The van der Waals surface area contributed by atoms with Gasteiger partial charge in [-0.2, -0.15) is 0 Å². The predicted molar refractivity (Wildman–Crippen MR) is 85.8 cm³/mol. The quantitative estimate of drug-likeness (QED) is 0.711. The topological polar surface area (TPSA) is 75.0 Å². The second-order valence-electron chi connectivity index (χ2n) is 5.17. The molecule has 3 N–H and O–H groups in total. The first-order valence-electron chi connectivity index (χ1n) is 6.81. The number of benzene rings is 1. The predicted octanol–water partition coefficient (Wildman–Crippen LogP) is 2.13. The number of rotatable bonds is 2. The summed E-state index contributed by atoms with van der Waals surface area (Å²) in [5.74, 6) is 0.682. The zero-order chi connectivity index (χ0) is 14.4. The van der Waals surface area contributed by atoms with Gasteiger partial charge in [0.25, 0.3) is 5.56 Å². The maximum atomic E-state index is 12.0. The van der Waals surface area contributed by atoms with E-state index in [1.54, 1.807) is 0 Å². The number of anilines is 2. The summed E-state index contributed by atoms with van der Waals surface area (Å²) in [5.41, 5.74) is 9.90. The number of nitrogens with zero attached hydrogens (tertiary/aromatic N) is 2. The van der Waals surface area contributed by atoms with Gasteiger partial charge in [-0.15, -0.1) is 11.3 Å². The van der Waals surface area contributed by atoms with Gasteiger partial charge in [-0.25, -0.2) is 4.98 Å². The SMILES string of the molecule is Nc1cccc2c1N(Cc1nc3ccsc3c(=O)[nH]1)CC2. The molecule has 0 radical (unpaired) electrons. The molecular formula is C15H14N4OS. The van der Waals surface area contributed by atoms with E-state index in [1.807, 2.05) is 23.6 Å². The Morgan fingerprint density at radius 2 is 2.29 bits per heavy atom. The molecule has 0 atom stereocenters. The fourth-order valence-corrected chi connectivity index (χ4v) is 3.63. The first kappa shape index (κ1) is 12.4. The molecule has 0 spiro atoms. The smallest absolute Gasteiger partial charge is 0.268 e. The third kappa shape index (κ3) is 1.99. The molecule has 1 aliphatic heterocycles. The van der Waals surface area contributed by atoms with Crippen molar-refractivity contribution >= 4 is 32.9 Å². The van der Waals surface area contributed by atoms with Crippen LogP contribution in [0.5, 0.6) is 0 Å². The van der Waals surface area contributed by atoms with Crippen molar-refractivity contribution in [2.24, 2.45) is 0 Å². The van der Waals surface area contributed by atoms with Gasteiger partial charge in [0.1, 0.15) is 10.5 Å². The zero-order valence-electron chi connectivity index (χ0n) is 11.3. The van der Waals surface area contributed by atoms with Crippen LogP contribution in [0.1, 0.15) is 11.4 Å². The number of hydrogen-bond acceptors (Lipinski definition) is 5. The lowest BCUT2D eigenvalue weighted by Gasteiger charge is -2.20. The van der Waals surface area contributed by atoms with Crippen LogP contribution in [-0.4, -0.2) is 16.5 Å². The molecule has 3 aromatic rings. The minimum Gasteiger partial charge on any atom is -0.397 e. The molecular weight excluding hydrogens is 284 g/mol. The Morgan fingerprint density at radius 3 is 3.19 bits per heavy atom. The Balaban J connectivity index is 1.72. The van der Waals surface area contributed by atoms with Crippen molar-refractivity contribution < 1.29 is 0 Å². The van der Waals surface area contributed by atoms with Crippen molar-refractivity contribution in [2.45, 2.75) is 13.0 Å². The molecule has 0 aliphatic carbocycles. The largest absolute Gasteiger partial charge is 0.397 e. The Kier molecular flexibility index (Phi) is 2.71. The minimum absolute atomic E-state index is 0.0644. The molecule has 0 saturated heterocycles. The number of thiophene rings is 1. The standard InChI is InChI=1S/C15H14N4OS/c16-10-3-1-2-9-4-6-19(13(9)10)8-12-17-11-5-7-21-14(11)15(20)18-12/h1-3,5,7H,4,6,8,16H2,(H,17,18,20). The van der Waals surface area contributed by atoms with Crippen molar-refractivity contribution in [2.75, 3.05) is 17.2 Å². The molecule has 1 aliphatic rings. The van der Waals surface area contributed by atoms with Crippen molar-refractivity contribution in [3.05, 3.63) is 51.4 Å². The van der Waals surface area contributed by atoms with E-state index in [0.29, 0.717) is 17.1 Å². The average molecular weight is 298 g/mol. The second kappa shape index (κ2) is 4.60. The molecule has 0 fully saturated rings.